The second-order valence-corrected chi connectivity index (χ2v) is 1.72. The summed E-state index contributed by atoms with van der Waals surface area (Å²) < 4.78 is 0. The lowest BCUT2D eigenvalue weighted by Gasteiger charge is -1.86. The molecule has 0 N–H and O–H groups in total. The van der Waals surface area contributed by atoms with Gasteiger partial charge in [0.05, 0.1) is 0 Å². The Balaban J connectivity index is 2.83. The molecule has 0 unspecified atom stereocenters. The average Bonchev–Trinajstić information content (AvgIpc) is 1.90. The molecule has 8 heavy (non-hydrogen) atoms. The Morgan fingerprint density at radius 3 is 2.38 bits per heavy atom. The lowest BCUT2D eigenvalue weighted by Crippen LogP contribution is -1.82. The highest BCUT2D eigenvalue weighted by Crippen LogP contribution is 2.04. The predicted octanol–water partition coefficient (Wildman–Crippen LogP) is 0.755. The van der Waals surface area contributed by atoms with Crippen LogP contribution in [-0.4, -0.2) is 15.0 Å². The van der Waals surface area contributed by atoms with Crippen molar-refractivity contribution in [2.45, 2.75) is 5.16 Å². The lowest BCUT2D eigenvalue weighted by atomic mass is 11.1. The fourth-order valence-electron chi connectivity index (χ4n) is 0.303. The summed E-state index contributed by atoms with van der Waals surface area (Å²) in [6.07, 6.45) is 6.41. The van der Waals surface area contributed by atoms with Crippen molar-refractivity contribution in [3.05, 3.63) is 18.9 Å². The highest BCUT2D eigenvalue weighted by Gasteiger charge is 1.85. The summed E-state index contributed by atoms with van der Waals surface area (Å²) in [5.74, 6) is 0. The van der Waals surface area contributed by atoms with Crippen LogP contribution < -0.4 is 0 Å². The number of thioether (sulfide) groups is 1. The van der Waals surface area contributed by atoms with Gasteiger partial charge in [-0.3, -0.25) is 0 Å². The molecule has 1 aromatic heterocycles. The Labute approximate surface area is 51.6 Å². The Morgan fingerprint density at radius 2 is 2.00 bits per heavy atom. The van der Waals surface area contributed by atoms with E-state index in [0.29, 0.717) is 5.16 Å². The molecule has 0 aliphatic heterocycles. The number of aromatic nitrogens is 3. The predicted molar refractivity (Wildman–Crippen MR) is 31.0 cm³/mol. The normalized spacial score (nSPS) is 9.12. The number of hydrogen-bond donors (Lipinski definition) is 0. The highest BCUT2D eigenvalue weighted by atomic mass is 32.2. The van der Waals surface area contributed by atoms with Crippen molar-refractivity contribution in [2.75, 3.05) is 0 Å². The summed E-state index contributed by atoms with van der Waals surface area (Å²) in [7, 11) is 0. The van der Waals surface area contributed by atoms with Crippen LogP contribution in [0.25, 0.3) is 0 Å². The summed E-state index contributed by atoms with van der Waals surface area (Å²) in [5.41, 5.74) is 0. The van der Waals surface area contributed by atoms with Gasteiger partial charge in [-0.1, -0.05) is 11.8 Å². The zero-order chi connectivity index (χ0) is 5.82. The molecule has 0 amide bonds. The highest BCUT2D eigenvalue weighted by molar-refractivity contribution is 8.00. The molecule has 1 heterocycles. The smallest absolute Gasteiger partial charge is 0.190 e. The van der Waals surface area contributed by atoms with E-state index in [1.54, 1.807) is 0 Å². The van der Waals surface area contributed by atoms with Crippen LogP contribution in [-0.2, 0) is 0 Å². The first kappa shape index (κ1) is 5.50. The molecule has 0 atom stereocenters. The van der Waals surface area contributed by atoms with Crippen molar-refractivity contribution in [1.82, 2.24) is 15.0 Å². The third kappa shape index (κ3) is 1.16. The fraction of sp³-hybridized carbons (Fsp3) is 0. The summed E-state index contributed by atoms with van der Waals surface area (Å²) >= 11 is 1.26. The van der Waals surface area contributed by atoms with Gasteiger partial charge in [0, 0.05) is 6.26 Å². The van der Waals surface area contributed by atoms with Crippen LogP contribution >= 0.6 is 11.8 Å². The van der Waals surface area contributed by atoms with Crippen molar-refractivity contribution < 1.29 is 0 Å². The number of hydrogen-bond acceptors (Lipinski definition) is 4. The van der Waals surface area contributed by atoms with Crippen molar-refractivity contribution in [1.29, 1.82) is 0 Å². The monoisotopic (exact) mass is 126 g/mol. The van der Waals surface area contributed by atoms with Gasteiger partial charge in [0.15, 0.2) is 5.16 Å². The second-order valence-electron chi connectivity index (χ2n) is 1.07. The maximum Gasteiger partial charge on any atom is 0.190 e. The van der Waals surface area contributed by atoms with Crippen LogP contribution in [0.3, 0.4) is 0 Å². The third-order valence-corrected chi connectivity index (χ3v) is 1.07. The van der Waals surface area contributed by atoms with Crippen LogP contribution in [0.2, 0.25) is 0 Å². The molecule has 1 rings (SSSR count). The molecule has 4 heteroatoms. The minimum Gasteiger partial charge on any atom is -0.225 e. The second kappa shape index (κ2) is 2.61. The number of nitrogens with zero attached hydrogens (tertiary/aromatic N) is 3. The summed E-state index contributed by atoms with van der Waals surface area (Å²) in [6, 6.07) is 0. The molecule has 0 aliphatic rings. The topological polar surface area (TPSA) is 38.7 Å². The SMILES string of the molecule is [CH2]Sc1ncncn1. The minimum absolute atomic E-state index is 0.653. The first-order valence-electron chi connectivity index (χ1n) is 1.97. The van der Waals surface area contributed by atoms with E-state index in [9.17, 15) is 0 Å². The first-order chi connectivity index (χ1) is 3.93. The molecular weight excluding hydrogens is 122 g/mol. The van der Waals surface area contributed by atoms with Gasteiger partial charge >= 0.3 is 0 Å². The van der Waals surface area contributed by atoms with Gasteiger partial charge in [0.1, 0.15) is 12.7 Å². The lowest BCUT2D eigenvalue weighted by molar-refractivity contribution is 0.905. The Kier molecular flexibility index (Phi) is 1.80. The van der Waals surface area contributed by atoms with E-state index in [2.05, 4.69) is 21.2 Å². The summed E-state index contributed by atoms with van der Waals surface area (Å²) in [4.78, 5) is 11.2. The Morgan fingerprint density at radius 1 is 1.38 bits per heavy atom. The van der Waals surface area contributed by atoms with Gasteiger partial charge in [-0.05, 0) is 0 Å². The maximum absolute atomic E-state index is 3.78. The van der Waals surface area contributed by atoms with E-state index in [-0.39, 0.29) is 0 Å². The Hall–Kier alpha value is -0.640. The zero-order valence-corrected chi connectivity index (χ0v) is 4.93. The molecule has 0 saturated carbocycles. The van der Waals surface area contributed by atoms with Crippen LogP contribution in [0.1, 0.15) is 0 Å². The molecule has 1 aromatic rings. The van der Waals surface area contributed by atoms with E-state index in [4.69, 9.17) is 0 Å². The summed E-state index contributed by atoms with van der Waals surface area (Å²) in [6.45, 7) is 0. The van der Waals surface area contributed by atoms with Gasteiger partial charge in [0.25, 0.3) is 0 Å². The molecule has 0 bridgehead atoms. The van der Waals surface area contributed by atoms with Gasteiger partial charge in [-0.2, -0.15) is 0 Å². The zero-order valence-electron chi connectivity index (χ0n) is 4.11. The molecule has 3 nitrogen and oxygen atoms in total. The quantitative estimate of drug-likeness (QED) is 0.520. The molecule has 0 aliphatic carbocycles. The van der Waals surface area contributed by atoms with Gasteiger partial charge in [-0.25, -0.2) is 15.0 Å². The molecule has 0 spiro atoms. The van der Waals surface area contributed by atoms with Crippen LogP contribution in [0.15, 0.2) is 17.8 Å². The maximum atomic E-state index is 3.78. The molecule has 0 fully saturated rings. The summed E-state index contributed by atoms with van der Waals surface area (Å²) in [5, 5.41) is 0.653. The standard InChI is InChI=1S/C4H4N3S/c1-8-4-6-2-5-3-7-4/h2-3H,1H2. The number of rotatable bonds is 1. The van der Waals surface area contributed by atoms with Crippen molar-refractivity contribution >= 4 is 11.8 Å². The van der Waals surface area contributed by atoms with E-state index in [0.717, 1.165) is 0 Å². The molecule has 1 radical (unpaired) electrons. The molecular formula is C4H4N3S. The van der Waals surface area contributed by atoms with Gasteiger partial charge in [-0.15, -0.1) is 0 Å². The van der Waals surface area contributed by atoms with Crippen LogP contribution in [0.5, 0.6) is 0 Å². The van der Waals surface area contributed by atoms with Crippen LogP contribution in [0, 0.1) is 6.26 Å². The molecule has 41 valence electrons. The first-order valence-corrected chi connectivity index (χ1v) is 2.96. The molecule has 0 saturated heterocycles. The average molecular weight is 126 g/mol. The third-order valence-electron chi connectivity index (χ3n) is 0.599. The Bertz CT molecular complexity index is 153. The van der Waals surface area contributed by atoms with E-state index < -0.39 is 0 Å². The van der Waals surface area contributed by atoms with Gasteiger partial charge in [0.2, 0.25) is 0 Å². The van der Waals surface area contributed by atoms with E-state index in [1.165, 1.54) is 24.4 Å². The van der Waals surface area contributed by atoms with Crippen molar-refractivity contribution in [2.24, 2.45) is 0 Å². The molecule has 0 aromatic carbocycles. The van der Waals surface area contributed by atoms with Crippen molar-refractivity contribution in [3.63, 3.8) is 0 Å². The minimum atomic E-state index is 0.653. The largest absolute Gasteiger partial charge is 0.225 e. The van der Waals surface area contributed by atoms with E-state index >= 15 is 0 Å². The van der Waals surface area contributed by atoms with Gasteiger partial charge < -0.3 is 0 Å². The fourth-order valence-corrected chi connectivity index (χ4v) is 0.546. The van der Waals surface area contributed by atoms with E-state index in [1.807, 2.05) is 0 Å². The van der Waals surface area contributed by atoms with Crippen LogP contribution in [0.4, 0.5) is 0 Å². The van der Waals surface area contributed by atoms with Crippen molar-refractivity contribution in [3.8, 4) is 0 Å².